The van der Waals surface area contributed by atoms with Gasteiger partial charge in [0, 0.05) is 11.4 Å². The van der Waals surface area contributed by atoms with Crippen LogP contribution in [-0.4, -0.2) is 26.8 Å². The molecule has 98 valence electrons. The largest absolute Gasteiger partial charge is 0.310 e. The van der Waals surface area contributed by atoms with Crippen molar-refractivity contribution >= 4 is 9.84 Å². The number of hydrogen-bond acceptors (Lipinski definition) is 3. The molecule has 0 aliphatic carbocycles. The van der Waals surface area contributed by atoms with E-state index in [4.69, 9.17) is 0 Å². The van der Waals surface area contributed by atoms with Crippen molar-refractivity contribution in [2.45, 2.75) is 25.3 Å². The van der Waals surface area contributed by atoms with Crippen LogP contribution in [0.1, 0.15) is 18.4 Å². The molecule has 1 aliphatic heterocycles. The van der Waals surface area contributed by atoms with Crippen LogP contribution < -0.4 is 5.32 Å². The lowest BCUT2D eigenvalue weighted by atomic mass is 10.1. The Balaban J connectivity index is 1.59. The van der Waals surface area contributed by atoms with E-state index in [2.05, 4.69) is 29.6 Å². The highest BCUT2D eigenvalue weighted by atomic mass is 32.2. The molecule has 1 N–H and O–H groups in total. The highest BCUT2D eigenvalue weighted by molar-refractivity contribution is 7.94. The summed E-state index contributed by atoms with van der Waals surface area (Å²) in [4.78, 5) is 0. The highest BCUT2D eigenvalue weighted by Gasteiger charge is 2.20. The lowest BCUT2D eigenvalue weighted by molar-refractivity contribution is 0.575. The van der Waals surface area contributed by atoms with E-state index in [9.17, 15) is 8.42 Å². The van der Waals surface area contributed by atoms with Gasteiger partial charge in [-0.25, -0.2) is 8.42 Å². The summed E-state index contributed by atoms with van der Waals surface area (Å²) >= 11 is 0. The Hall–Kier alpha value is -1.13. The van der Waals surface area contributed by atoms with E-state index in [0.29, 0.717) is 0 Å². The Labute approximate surface area is 109 Å². The van der Waals surface area contributed by atoms with Gasteiger partial charge in [0.15, 0.2) is 9.84 Å². The van der Waals surface area contributed by atoms with Crippen LogP contribution in [0.3, 0.4) is 0 Å². The number of aryl methyl sites for hydroxylation is 1. The van der Waals surface area contributed by atoms with Crippen LogP contribution in [-0.2, 0) is 16.3 Å². The lowest BCUT2D eigenvalue weighted by Crippen LogP contribution is -2.30. The van der Waals surface area contributed by atoms with Crippen molar-refractivity contribution in [2.24, 2.45) is 0 Å². The molecule has 0 fully saturated rings. The number of hydrogen-bond donors (Lipinski definition) is 1. The Morgan fingerprint density at radius 3 is 2.61 bits per heavy atom. The molecule has 1 aromatic carbocycles. The first-order chi connectivity index (χ1) is 8.66. The number of unbranched alkanes of at least 4 members (excludes halogenated alkanes) is 1. The SMILES string of the molecule is O=S1(=O)C=CC(NCCCCc2ccccc2)C1. The summed E-state index contributed by atoms with van der Waals surface area (Å²) in [7, 11) is -2.92. The van der Waals surface area contributed by atoms with E-state index < -0.39 is 9.84 Å². The zero-order valence-corrected chi connectivity index (χ0v) is 11.2. The maximum absolute atomic E-state index is 11.2. The molecule has 1 heterocycles. The molecule has 1 unspecified atom stereocenters. The lowest BCUT2D eigenvalue weighted by Gasteiger charge is -2.09. The van der Waals surface area contributed by atoms with Gasteiger partial charge < -0.3 is 5.32 Å². The van der Waals surface area contributed by atoms with Crippen LogP contribution >= 0.6 is 0 Å². The van der Waals surface area contributed by atoms with Crippen LogP contribution in [0.4, 0.5) is 0 Å². The van der Waals surface area contributed by atoms with Crippen molar-refractivity contribution in [3.8, 4) is 0 Å². The van der Waals surface area contributed by atoms with Crippen LogP contribution in [0.5, 0.6) is 0 Å². The van der Waals surface area contributed by atoms with E-state index >= 15 is 0 Å². The van der Waals surface area contributed by atoms with E-state index in [0.717, 1.165) is 25.8 Å². The second kappa shape index (κ2) is 6.16. The Kier molecular flexibility index (Phi) is 4.55. The third kappa shape index (κ3) is 4.27. The number of sulfone groups is 1. The molecule has 0 bridgehead atoms. The molecule has 0 radical (unpaired) electrons. The molecule has 0 saturated heterocycles. The molecule has 1 atom stereocenters. The Bertz CT molecular complexity index is 494. The average molecular weight is 265 g/mol. The molecule has 0 saturated carbocycles. The van der Waals surface area contributed by atoms with Gasteiger partial charge in [0.05, 0.1) is 5.75 Å². The van der Waals surface area contributed by atoms with Gasteiger partial charge in [-0.1, -0.05) is 36.4 Å². The summed E-state index contributed by atoms with van der Waals surface area (Å²) in [5, 5.41) is 4.57. The minimum atomic E-state index is -2.92. The molecule has 0 spiro atoms. The fraction of sp³-hybridized carbons (Fsp3) is 0.429. The van der Waals surface area contributed by atoms with Crippen LogP contribution in [0.25, 0.3) is 0 Å². The van der Waals surface area contributed by atoms with E-state index in [1.54, 1.807) is 6.08 Å². The van der Waals surface area contributed by atoms with Gasteiger partial charge >= 0.3 is 0 Å². The highest BCUT2D eigenvalue weighted by Crippen LogP contribution is 2.08. The molecule has 0 aromatic heterocycles. The van der Waals surface area contributed by atoms with Crippen molar-refractivity contribution in [1.29, 1.82) is 0 Å². The minimum Gasteiger partial charge on any atom is -0.310 e. The second-order valence-electron chi connectivity index (χ2n) is 4.66. The van der Waals surface area contributed by atoms with E-state index in [1.165, 1.54) is 11.0 Å². The first-order valence-corrected chi connectivity index (χ1v) is 8.05. The quantitative estimate of drug-likeness (QED) is 0.799. The monoisotopic (exact) mass is 265 g/mol. The fourth-order valence-corrected chi connectivity index (χ4v) is 3.36. The molecule has 2 rings (SSSR count). The maximum atomic E-state index is 11.2. The van der Waals surface area contributed by atoms with Crippen molar-refractivity contribution < 1.29 is 8.42 Å². The summed E-state index contributed by atoms with van der Waals surface area (Å²) in [5.41, 5.74) is 1.36. The van der Waals surface area contributed by atoms with Gasteiger partial charge in [0.2, 0.25) is 0 Å². The Morgan fingerprint density at radius 1 is 1.17 bits per heavy atom. The van der Waals surface area contributed by atoms with Crippen LogP contribution in [0.2, 0.25) is 0 Å². The smallest absolute Gasteiger partial charge is 0.173 e. The van der Waals surface area contributed by atoms with Gasteiger partial charge in [0.25, 0.3) is 0 Å². The normalized spacial score (nSPS) is 21.2. The summed E-state index contributed by atoms with van der Waals surface area (Å²) in [6.45, 7) is 0.872. The van der Waals surface area contributed by atoms with Crippen molar-refractivity contribution in [2.75, 3.05) is 12.3 Å². The van der Waals surface area contributed by atoms with Crippen molar-refractivity contribution in [1.82, 2.24) is 5.32 Å². The summed E-state index contributed by atoms with van der Waals surface area (Å²) < 4.78 is 22.4. The molecule has 18 heavy (non-hydrogen) atoms. The number of benzene rings is 1. The van der Waals surface area contributed by atoms with Crippen molar-refractivity contribution in [3.63, 3.8) is 0 Å². The number of nitrogens with one attached hydrogen (secondary N) is 1. The van der Waals surface area contributed by atoms with Gasteiger partial charge in [0.1, 0.15) is 0 Å². The molecule has 3 nitrogen and oxygen atoms in total. The number of rotatable bonds is 6. The topological polar surface area (TPSA) is 46.2 Å². The third-order valence-corrected chi connectivity index (χ3v) is 4.47. The summed E-state index contributed by atoms with van der Waals surface area (Å²) in [5.74, 6) is 0.214. The van der Waals surface area contributed by atoms with Crippen molar-refractivity contribution in [3.05, 3.63) is 47.4 Å². The first-order valence-electron chi connectivity index (χ1n) is 6.34. The molecular weight excluding hydrogens is 246 g/mol. The maximum Gasteiger partial charge on any atom is 0.173 e. The zero-order chi connectivity index (χ0) is 12.8. The van der Waals surface area contributed by atoms with E-state index in [1.807, 2.05) is 6.07 Å². The Morgan fingerprint density at radius 2 is 1.94 bits per heavy atom. The van der Waals surface area contributed by atoms with Gasteiger partial charge in [-0.3, -0.25) is 0 Å². The predicted octanol–water partition coefficient (Wildman–Crippen LogP) is 1.91. The van der Waals surface area contributed by atoms with Gasteiger partial charge in [-0.05, 0) is 31.4 Å². The molecule has 0 amide bonds. The second-order valence-corrected chi connectivity index (χ2v) is 6.59. The standard InChI is InChI=1S/C14H19NO2S/c16-18(17)11-9-14(12-18)15-10-5-4-8-13-6-2-1-3-7-13/h1-3,6-7,9,11,14-15H,4-5,8,10,12H2. The third-order valence-electron chi connectivity index (χ3n) is 3.07. The molecule has 1 aromatic rings. The molecular formula is C14H19NO2S. The minimum absolute atomic E-state index is 0.00623. The molecule has 4 heteroatoms. The van der Waals surface area contributed by atoms with Crippen LogP contribution in [0, 0.1) is 0 Å². The zero-order valence-electron chi connectivity index (χ0n) is 10.4. The van der Waals surface area contributed by atoms with Gasteiger partial charge in [-0.2, -0.15) is 0 Å². The van der Waals surface area contributed by atoms with Crippen LogP contribution in [0.15, 0.2) is 41.8 Å². The van der Waals surface area contributed by atoms with E-state index in [-0.39, 0.29) is 11.8 Å². The first kappa shape index (κ1) is 13.3. The fourth-order valence-electron chi connectivity index (χ4n) is 2.09. The molecule has 1 aliphatic rings. The average Bonchev–Trinajstić information content (AvgIpc) is 2.70. The van der Waals surface area contributed by atoms with Gasteiger partial charge in [-0.15, -0.1) is 0 Å². The predicted molar refractivity (Wildman–Crippen MR) is 74.1 cm³/mol. The summed E-state index contributed by atoms with van der Waals surface area (Å²) in [6, 6.07) is 10.4. The summed E-state index contributed by atoms with van der Waals surface area (Å²) in [6.07, 6.45) is 5.02.